The third kappa shape index (κ3) is 1.84. The molecule has 0 saturated heterocycles. The zero-order chi connectivity index (χ0) is 10.3. The van der Waals surface area contributed by atoms with E-state index in [4.69, 9.17) is 0 Å². The molecule has 4 atom stereocenters. The molecule has 2 aliphatic carbocycles. The molecule has 0 heterocycles. The molecule has 0 bridgehead atoms. The highest BCUT2D eigenvalue weighted by Gasteiger charge is 2.46. The molecule has 0 aromatic rings. The van der Waals surface area contributed by atoms with Gasteiger partial charge >= 0.3 is 0 Å². The van der Waals surface area contributed by atoms with Crippen LogP contribution in [0.3, 0.4) is 0 Å². The number of hydrogen-bond donors (Lipinski definition) is 1. The minimum atomic E-state index is -0.353. The van der Waals surface area contributed by atoms with E-state index in [9.17, 15) is 5.11 Å². The second kappa shape index (κ2) is 3.52. The van der Waals surface area contributed by atoms with Crippen molar-refractivity contribution in [3.8, 4) is 0 Å². The van der Waals surface area contributed by atoms with Gasteiger partial charge in [0, 0.05) is 0 Å². The quantitative estimate of drug-likeness (QED) is 0.719. The van der Waals surface area contributed by atoms with E-state index in [-0.39, 0.29) is 5.60 Å². The van der Waals surface area contributed by atoms with E-state index in [1.54, 1.807) is 0 Å². The highest BCUT2D eigenvalue weighted by molar-refractivity contribution is 4.97. The van der Waals surface area contributed by atoms with Crippen LogP contribution in [0.2, 0.25) is 0 Å². The fourth-order valence-electron chi connectivity index (χ4n) is 3.08. The molecule has 82 valence electrons. The highest BCUT2D eigenvalue weighted by Crippen LogP contribution is 2.49. The Labute approximate surface area is 87.9 Å². The van der Waals surface area contributed by atoms with Crippen molar-refractivity contribution in [3.63, 3.8) is 0 Å². The van der Waals surface area contributed by atoms with Gasteiger partial charge in [0.05, 0.1) is 5.60 Å². The molecule has 2 fully saturated rings. The summed E-state index contributed by atoms with van der Waals surface area (Å²) in [4.78, 5) is 0. The Hall–Kier alpha value is -0.0400. The summed E-state index contributed by atoms with van der Waals surface area (Å²) in [5.74, 6) is 2.86. The summed E-state index contributed by atoms with van der Waals surface area (Å²) in [6.45, 7) is 6.78. The molecule has 0 amide bonds. The average Bonchev–Trinajstić information content (AvgIpc) is 2.92. The number of aliphatic hydroxyl groups is 1. The molecule has 2 rings (SSSR count). The smallest absolute Gasteiger partial charge is 0.0675 e. The monoisotopic (exact) mass is 196 g/mol. The second-order valence-corrected chi connectivity index (χ2v) is 5.96. The number of rotatable bonds is 2. The average molecular weight is 196 g/mol. The Morgan fingerprint density at radius 3 is 2.00 bits per heavy atom. The maximum Gasteiger partial charge on any atom is 0.0675 e. The van der Waals surface area contributed by atoms with Crippen LogP contribution >= 0.6 is 0 Å². The van der Waals surface area contributed by atoms with Gasteiger partial charge in [0.25, 0.3) is 0 Å². The van der Waals surface area contributed by atoms with Gasteiger partial charge in [0.15, 0.2) is 0 Å². The van der Waals surface area contributed by atoms with Crippen LogP contribution in [0.1, 0.15) is 52.9 Å². The first-order chi connectivity index (χ1) is 6.51. The summed E-state index contributed by atoms with van der Waals surface area (Å²) in [6, 6.07) is 0. The van der Waals surface area contributed by atoms with Gasteiger partial charge in [0.2, 0.25) is 0 Å². The normalized spacial score (nSPS) is 43.3. The SMILES string of the molecule is CC1CCC(C(C)(O)C2CC2)CC1C. The van der Waals surface area contributed by atoms with Crippen molar-refractivity contribution in [2.24, 2.45) is 23.7 Å². The van der Waals surface area contributed by atoms with Crippen molar-refractivity contribution in [1.82, 2.24) is 0 Å². The zero-order valence-electron chi connectivity index (χ0n) is 9.79. The summed E-state index contributed by atoms with van der Waals surface area (Å²) < 4.78 is 0. The van der Waals surface area contributed by atoms with Gasteiger partial charge in [-0.15, -0.1) is 0 Å². The van der Waals surface area contributed by atoms with E-state index >= 15 is 0 Å². The molecular weight excluding hydrogens is 172 g/mol. The Morgan fingerprint density at radius 1 is 0.929 bits per heavy atom. The Balaban J connectivity index is 1.98. The van der Waals surface area contributed by atoms with Crippen LogP contribution in [0.25, 0.3) is 0 Å². The minimum absolute atomic E-state index is 0.353. The lowest BCUT2D eigenvalue weighted by molar-refractivity contribution is -0.0495. The first-order valence-corrected chi connectivity index (χ1v) is 6.24. The molecule has 0 aromatic heterocycles. The third-order valence-corrected chi connectivity index (χ3v) is 4.83. The van der Waals surface area contributed by atoms with Gasteiger partial charge in [-0.25, -0.2) is 0 Å². The lowest BCUT2D eigenvalue weighted by Gasteiger charge is -2.40. The lowest BCUT2D eigenvalue weighted by Crippen LogP contribution is -2.40. The first-order valence-electron chi connectivity index (χ1n) is 6.24. The van der Waals surface area contributed by atoms with E-state index in [2.05, 4.69) is 20.8 Å². The van der Waals surface area contributed by atoms with Crippen LogP contribution in [0.4, 0.5) is 0 Å². The largest absolute Gasteiger partial charge is 0.390 e. The molecule has 0 aliphatic heterocycles. The standard InChI is InChI=1S/C13H24O/c1-9-4-5-12(8-10(9)2)13(3,14)11-6-7-11/h9-12,14H,4-8H2,1-3H3. The van der Waals surface area contributed by atoms with Crippen LogP contribution in [-0.4, -0.2) is 10.7 Å². The zero-order valence-corrected chi connectivity index (χ0v) is 9.79. The van der Waals surface area contributed by atoms with Crippen LogP contribution in [0.5, 0.6) is 0 Å². The van der Waals surface area contributed by atoms with Crippen molar-refractivity contribution in [2.75, 3.05) is 0 Å². The van der Waals surface area contributed by atoms with Gasteiger partial charge in [-0.1, -0.05) is 20.3 Å². The topological polar surface area (TPSA) is 20.2 Å². The van der Waals surface area contributed by atoms with Crippen molar-refractivity contribution >= 4 is 0 Å². The highest BCUT2D eigenvalue weighted by atomic mass is 16.3. The third-order valence-electron chi connectivity index (χ3n) is 4.83. The van der Waals surface area contributed by atoms with Crippen LogP contribution in [-0.2, 0) is 0 Å². The minimum Gasteiger partial charge on any atom is -0.390 e. The molecule has 0 spiro atoms. The molecule has 14 heavy (non-hydrogen) atoms. The molecule has 1 heteroatoms. The maximum absolute atomic E-state index is 10.5. The van der Waals surface area contributed by atoms with Crippen molar-refractivity contribution < 1.29 is 5.11 Å². The van der Waals surface area contributed by atoms with Crippen molar-refractivity contribution in [2.45, 2.75) is 58.5 Å². The maximum atomic E-state index is 10.5. The summed E-state index contributed by atoms with van der Waals surface area (Å²) in [7, 11) is 0. The van der Waals surface area contributed by atoms with Crippen LogP contribution in [0, 0.1) is 23.7 Å². The van der Waals surface area contributed by atoms with Gasteiger partial charge < -0.3 is 5.11 Å². The predicted molar refractivity (Wildman–Crippen MR) is 59.0 cm³/mol. The van der Waals surface area contributed by atoms with E-state index < -0.39 is 0 Å². The van der Waals surface area contributed by atoms with E-state index in [0.29, 0.717) is 11.8 Å². The Morgan fingerprint density at radius 2 is 1.50 bits per heavy atom. The summed E-state index contributed by atoms with van der Waals surface area (Å²) in [5.41, 5.74) is -0.353. The first kappa shape index (κ1) is 10.5. The molecule has 1 N–H and O–H groups in total. The number of hydrogen-bond acceptors (Lipinski definition) is 1. The molecule has 0 aromatic carbocycles. The molecule has 1 nitrogen and oxygen atoms in total. The van der Waals surface area contributed by atoms with Gasteiger partial charge in [-0.3, -0.25) is 0 Å². The van der Waals surface area contributed by atoms with Crippen LogP contribution < -0.4 is 0 Å². The van der Waals surface area contributed by atoms with E-state index in [1.165, 1.54) is 32.1 Å². The van der Waals surface area contributed by atoms with Gasteiger partial charge in [-0.2, -0.15) is 0 Å². The molecular formula is C13H24O. The fraction of sp³-hybridized carbons (Fsp3) is 1.00. The lowest BCUT2D eigenvalue weighted by atomic mass is 9.68. The predicted octanol–water partition coefficient (Wildman–Crippen LogP) is 3.22. The van der Waals surface area contributed by atoms with Crippen LogP contribution in [0.15, 0.2) is 0 Å². The summed E-state index contributed by atoms with van der Waals surface area (Å²) in [5, 5.41) is 10.5. The Bertz CT molecular complexity index is 205. The Kier molecular flexibility index (Phi) is 2.63. The molecule has 2 saturated carbocycles. The summed E-state index contributed by atoms with van der Waals surface area (Å²) >= 11 is 0. The fourth-order valence-corrected chi connectivity index (χ4v) is 3.08. The molecule has 0 radical (unpaired) electrons. The van der Waals surface area contributed by atoms with E-state index in [0.717, 1.165) is 11.8 Å². The van der Waals surface area contributed by atoms with E-state index in [1.807, 2.05) is 0 Å². The summed E-state index contributed by atoms with van der Waals surface area (Å²) in [6.07, 6.45) is 6.31. The second-order valence-electron chi connectivity index (χ2n) is 5.96. The molecule has 4 unspecified atom stereocenters. The van der Waals surface area contributed by atoms with Gasteiger partial charge in [-0.05, 0) is 56.3 Å². The van der Waals surface area contributed by atoms with Gasteiger partial charge in [0.1, 0.15) is 0 Å². The van der Waals surface area contributed by atoms with Crippen molar-refractivity contribution in [3.05, 3.63) is 0 Å². The van der Waals surface area contributed by atoms with Crippen molar-refractivity contribution in [1.29, 1.82) is 0 Å². The molecule has 2 aliphatic rings.